The quantitative estimate of drug-likeness (QED) is 0.791. The van der Waals surface area contributed by atoms with Gasteiger partial charge in [-0.2, -0.15) is 0 Å². The molecule has 86 valence electrons. The van der Waals surface area contributed by atoms with Gasteiger partial charge < -0.3 is 5.32 Å². The van der Waals surface area contributed by atoms with E-state index in [1.54, 1.807) is 30.3 Å². The van der Waals surface area contributed by atoms with Crippen LogP contribution in [0.15, 0.2) is 53.4 Å². The molecule has 1 amide bonds. The van der Waals surface area contributed by atoms with Gasteiger partial charge in [0, 0.05) is 16.1 Å². The van der Waals surface area contributed by atoms with Gasteiger partial charge in [-0.3, -0.25) is 4.79 Å². The van der Waals surface area contributed by atoms with Crippen molar-refractivity contribution in [2.75, 3.05) is 5.32 Å². The Balaban J connectivity index is 2.16. The second-order valence-corrected chi connectivity index (χ2v) is 4.38. The van der Waals surface area contributed by atoms with Crippen LogP contribution in [0.5, 0.6) is 0 Å². The van der Waals surface area contributed by atoms with Crippen LogP contribution in [-0.2, 0) is 0 Å². The van der Waals surface area contributed by atoms with Gasteiger partial charge in [-0.25, -0.2) is 0 Å². The lowest BCUT2D eigenvalue weighted by molar-refractivity contribution is 0.102. The fraction of sp³-hybridized carbons (Fsp3) is 0. The fourth-order valence-electron chi connectivity index (χ4n) is 1.38. The lowest BCUT2D eigenvalue weighted by Gasteiger charge is -2.06. The molecule has 0 saturated heterocycles. The van der Waals surface area contributed by atoms with Gasteiger partial charge in [0.25, 0.3) is 5.91 Å². The number of anilines is 1. The Morgan fingerprint density at radius 3 is 2.47 bits per heavy atom. The van der Waals surface area contributed by atoms with Crippen molar-refractivity contribution in [1.82, 2.24) is 0 Å². The second-order valence-electron chi connectivity index (χ2n) is 3.49. The van der Waals surface area contributed by atoms with Crippen LogP contribution in [0.25, 0.3) is 0 Å². The third-order valence-corrected chi connectivity index (χ3v) is 3.07. The van der Waals surface area contributed by atoms with E-state index in [-0.39, 0.29) is 5.91 Å². The summed E-state index contributed by atoms with van der Waals surface area (Å²) in [4.78, 5) is 12.5. The molecule has 2 nitrogen and oxygen atoms in total. The van der Waals surface area contributed by atoms with E-state index in [4.69, 9.17) is 11.6 Å². The Labute approximate surface area is 110 Å². The summed E-state index contributed by atoms with van der Waals surface area (Å²) in [5.74, 6) is -0.152. The van der Waals surface area contributed by atoms with Gasteiger partial charge in [-0.05, 0) is 30.3 Å². The number of carbonyl (C=O) groups excluding carboxylic acids is 1. The van der Waals surface area contributed by atoms with Crippen LogP contribution < -0.4 is 5.32 Å². The first-order chi connectivity index (χ1) is 8.16. The highest BCUT2D eigenvalue weighted by molar-refractivity contribution is 7.80. The Kier molecular flexibility index (Phi) is 3.71. The second kappa shape index (κ2) is 5.25. The molecule has 2 aromatic carbocycles. The van der Waals surface area contributed by atoms with E-state index in [1.807, 2.05) is 18.2 Å². The molecule has 2 rings (SSSR count). The van der Waals surface area contributed by atoms with E-state index in [0.29, 0.717) is 21.2 Å². The molecule has 0 unspecified atom stereocenters. The third-order valence-electron chi connectivity index (χ3n) is 2.24. The molecule has 0 atom stereocenters. The van der Waals surface area contributed by atoms with E-state index in [0.717, 1.165) is 0 Å². The molecule has 17 heavy (non-hydrogen) atoms. The zero-order chi connectivity index (χ0) is 12.3. The van der Waals surface area contributed by atoms with Crippen molar-refractivity contribution < 1.29 is 4.79 Å². The number of thiol groups is 1. The van der Waals surface area contributed by atoms with E-state index in [9.17, 15) is 4.79 Å². The monoisotopic (exact) mass is 263 g/mol. The molecule has 2 aromatic rings. The molecule has 0 aromatic heterocycles. The largest absolute Gasteiger partial charge is 0.322 e. The van der Waals surface area contributed by atoms with Gasteiger partial charge in [0.15, 0.2) is 0 Å². The van der Waals surface area contributed by atoms with E-state index in [2.05, 4.69) is 17.9 Å². The van der Waals surface area contributed by atoms with Crippen molar-refractivity contribution >= 4 is 35.8 Å². The molecule has 0 saturated carbocycles. The number of hydrogen-bond acceptors (Lipinski definition) is 2. The number of amides is 1. The number of carbonyl (C=O) groups is 1. The average Bonchev–Trinajstić information content (AvgIpc) is 2.35. The van der Waals surface area contributed by atoms with Crippen LogP contribution in [0.1, 0.15) is 10.4 Å². The first-order valence-electron chi connectivity index (χ1n) is 5.02. The van der Waals surface area contributed by atoms with Crippen molar-refractivity contribution in [2.24, 2.45) is 0 Å². The first kappa shape index (κ1) is 12.0. The fourth-order valence-corrected chi connectivity index (χ4v) is 1.71. The minimum Gasteiger partial charge on any atom is -0.322 e. The molecule has 0 bridgehead atoms. The lowest BCUT2D eigenvalue weighted by Crippen LogP contribution is -2.11. The first-order valence-corrected chi connectivity index (χ1v) is 5.84. The van der Waals surface area contributed by atoms with Gasteiger partial charge in [-0.15, -0.1) is 12.6 Å². The summed E-state index contributed by atoms with van der Waals surface area (Å²) in [7, 11) is 0. The maximum atomic E-state index is 11.8. The number of nitrogens with one attached hydrogen (secondary N) is 1. The number of hydrogen-bond donors (Lipinski definition) is 2. The molecule has 0 aliphatic heterocycles. The van der Waals surface area contributed by atoms with Crippen molar-refractivity contribution in [1.29, 1.82) is 0 Å². The predicted molar refractivity (Wildman–Crippen MR) is 73.1 cm³/mol. The van der Waals surface area contributed by atoms with Crippen LogP contribution in [0.4, 0.5) is 5.69 Å². The molecule has 0 heterocycles. The average molecular weight is 264 g/mol. The number of benzene rings is 2. The highest BCUT2D eigenvalue weighted by Crippen LogP contribution is 2.23. The highest BCUT2D eigenvalue weighted by atomic mass is 35.5. The minimum absolute atomic E-state index is 0.152. The molecule has 1 N–H and O–H groups in total. The Bertz CT molecular complexity index is 542. The summed E-state index contributed by atoms with van der Waals surface area (Å²) in [5, 5.41) is 3.34. The zero-order valence-corrected chi connectivity index (χ0v) is 10.5. The van der Waals surface area contributed by atoms with Crippen molar-refractivity contribution in [3.8, 4) is 0 Å². The summed E-state index contributed by atoms with van der Waals surface area (Å²) in [6.07, 6.45) is 0. The van der Waals surface area contributed by atoms with Crippen LogP contribution >= 0.6 is 24.2 Å². The zero-order valence-electron chi connectivity index (χ0n) is 8.85. The summed E-state index contributed by atoms with van der Waals surface area (Å²) in [6, 6.07) is 14.2. The summed E-state index contributed by atoms with van der Waals surface area (Å²) >= 11 is 10.0. The van der Waals surface area contributed by atoms with Gasteiger partial charge in [0.05, 0.1) is 5.02 Å². The summed E-state index contributed by atoms with van der Waals surface area (Å²) in [6.45, 7) is 0. The molecule has 0 aliphatic carbocycles. The topological polar surface area (TPSA) is 29.1 Å². The number of rotatable bonds is 2. The lowest BCUT2D eigenvalue weighted by atomic mass is 10.2. The Hall–Kier alpha value is -1.45. The SMILES string of the molecule is O=C(Nc1ccc(Cl)c(S)c1)c1ccccc1. The maximum Gasteiger partial charge on any atom is 0.255 e. The van der Waals surface area contributed by atoms with Gasteiger partial charge in [-0.1, -0.05) is 29.8 Å². The molecular weight excluding hydrogens is 254 g/mol. The van der Waals surface area contributed by atoms with Crippen LogP contribution in [0.2, 0.25) is 5.02 Å². The normalized spacial score (nSPS) is 10.0. The van der Waals surface area contributed by atoms with Crippen molar-refractivity contribution in [2.45, 2.75) is 4.90 Å². The van der Waals surface area contributed by atoms with Gasteiger partial charge >= 0.3 is 0 Å². The maximum absolute atomic E-state index is 11.8. The number of halogens is 1. The van der Waals surface area contributed by atoms with Crippen molar-refractivity contribution in [3.05, 3.63) is 59.1 Å². The predicted octanol–water partition coefficient (Wildman–Crippen LogP) is 3.88. The van der Waals surface area contributed by atoms with Crippen LogP contribution in [0.3, 0.4) is 0 Å². The van der Waals surface area contributed by atoms with Crippen molar-refractivity contribution in [3.63, 3.8) is 0 Å². The molecule has 0 fully saturated rings. The summed E-state index contributed by atoms with van der Waals surface area (Å²) in [5.41, 5.74) is 1.29. The van der Waals surface area contributed by atoms with E-state index in [1.165, 1.54) is 0 Å². The van der Waals surface area contributed by atoms with Gasteiger partial charge in [0.2, 0.25) is 0 Å². The third kappa shape index (κ3) is 3.02. The molecular formula is C13H10ClNOS. The Morgan fingerprint density at radius 1 is 1.12 bits per heavy atom. The highest BCUT2D eigenvalue weighted by Gasteiger charge is 2.05. The molecule has 0 spiro atoms. The van der Waals surface area contributed by atoms with Crippen LogP contribution in [0, 0.1) is 0 Å². The summed E-state index contributed by atoms with van der Waals surface area (Å²) < 4.78 is 0. The van der Waals surface area contributed by atoms with E-state index < -0.39 is 0 Å². The Morgan fingerprint density at radius 2 is 1.82 bits per heavy atom. The molecule has 0 radical (unpaired) electrons. The van der Waals surface area contributed by atoms with Gasteiger partial charge in [0.1, 0.15) is 0 Å². The minimum atomic E-state index is -0.152. The molecule has 0 aliphatic rings. The van der Waals surface area contributed by atoms with E-state index >= 15 is 0 Å². The van der Waals surface area contributed by atoms with Crippen LogP contribution in [-0.4, -0.2) is 5.91 Å². The molecule has 4 heteroatoms. The smallest absolute Gasteiger partial charge is 0.255 e. The standard InChI is InChI=1S/C13H10ClNOS/c14-11-7-6-10(8-12(11)17)15-13(16)9-4-2-1-3-5-9/h1-8,17H,(H,15,16).